The standard InChI is InChI=1S/C12H11ClN2O3/c1-2-18-11(12(16)17)7-3-4-8(13)10-9(7)14-5-6-15-10/h3-6,11H,2H2,1H3,(H,16,17). The van der Waals surface area contributed by atoms with Gasteiger partial charge in [-0.15, -0.1) is 0 Å². The molecular formula is C12H11ClN2O3. The lowest BCUT2D eigenvalue weighted by Crippen LogP contribution is -2.16. The molecule has 1 aromatic heterocycles. The number of carboxylic acid groups (broad SMARTS) is 1. The Balaban J connectivity index is 2.63. The molecule has 0 fully saturated rings. The largest absolute Gasteiger partial charge is 0.479 e. The van der Waals surface area contributed by atoms with Crippen LogP contribution in [0.15, 0.2) is 24.5 Å². The van der Waals surface area contributed by atoms with E-state index in [4.69, 9.17) is 16.3 Å². The van der Waals surface area contributed by atoms with Crippen molar-refractivity contribution in [1.82, 2.24) is 9.97 Å². The van der Waals surface area contributed by atoms with Crippen LogP contribution in [-0.4, -0.2) is 27.7 Å². The number of fused-ring (bicyclic) bond motifs is 1. The molecule has 0 amide bonds. The summed E-state index contributed by atoms with van der Waals surface area (Å²) in [6.07, 6.45) is 1.94. The van der Waals surface area contributed by atoms with Gasteiger partial charge >= 0.3 is 5.97 Å². The first-order chi connectivity index (χ1) is 8.65. The van der Waals surface area contributed by atoms with Crippen LogP contribution in [0.5, 0.6) is 0 Å². The topological polar surface area (TPSA) is 72.3 Å². The summed E-state index contributed by atoms with van der Waals surface area (Å²) in [4.78, 5) is 19.4. The second-order valence-electron chi connectivity index (χ2n) is 3.56. The zero-order valence-corrected chi connectivity index (χ0v) is 10.4. The Morgan fingerprint density at radius 3 is 2.67 bits per heavy atom. The van der Waals surface area contributed by atoms with Crippen molar-refractivity contribution in [3.63, 3.8) is 0 Å². The molecule has 5 nitrogen and oxygen atoms in total. The third-order valence-electron chi connectivity index (χ3n) is 2.45. The average Bonchev–Trinajstić information content (AvgIpc) is 2.37. The lowest BCUT2D eigenvalue weighted by atomic mass is 10.1. The fraction of sp³-hybridized carbons (Fsp3) is 0.250. The predicted octanol–water partition coefficient (Wildman–Crippen LogP) is 2.45. The number of rotatable bonds is 4. The number of benzene rings is 1. The summed E-state index contributed by atoms with van der Waals surface area (Å²) >= 11 is 6.00. The molecule has 0 saturated heterocycles. The van der Waals surface area contributed by atoms with Crippen LogP contribution in [0.1, 0.15) is 18.6 Å². The van der Waals surface area contributed by atoms with E-state index in [0.717, 1.165) is 0 Å². The van der Waals surface area contributed by atoms with Gasteiger partial charge < -0.3 is 9.84 Å². The second kappa shape index (κ2) is 5.29. The molecule has 1 heterocycles. The molecule has 0 saturated carbocycles. The van der Waals surface area contributed by atoms with E-state index in [1.165, 1.54) is 12.4 Å². The number of nitrogens with zero attached hydrogens (tertiary/aromatic N) is 2. The van der Waals surface area contributed by atoms with Gasteiger partial charge in [-0.25, -0.2) is 4.79 Å². The third-order valence-corrected chi connectivity index (χ3v) is 2.75. The number of halogens is 1. The van der Waals surface area contributed by atoms with Crippen molar-refractivity contribution >= 4 is 28.6 Å². The van der Waals surface area contributed by atoms with Gasteiger partial charge in [0.2, 0.25) is 0 Å². The van der Waals surface area contributed by atoms with E-state index in [0.29, 0.717) is 28.2 Å². The second-order valence-corrected chi connectivity index (χ2v) is 3.97. The Morgan fingerprint density at radius 2 is 2.06 bits per heavy atom. The highest BCUT2D eigenvalue weighted by molar-refractivity contribution is 6.35. The molecule has 0 aliphatic heterocycles. The van der Waals surface area contributed by atoms with Gasteiger partial charge in [0.15, 0.2) is 6.10 Å². The summed E-state index contributed by atoms with van der Waals surface area (Å²) in [5.74, 6) is -1.06. The normalized spacial score (nSPS) is 12.6. The smallest absolute Gasteiger partial charge is 0.337 e. The highest BCUT2D eigenvalue weighted by Gasteiger charge is 2.23. The number of hydrogen-bond acceptors (Lipinski definition) is 4. The number of carbonyl (C=O) groups is 1. The molecular weight excluding hydrogens is 256 g/mol. The third kappa shape index (κ3) is 2.27. The molecule has 0 radical (unpaired) electrons. The molecule has 6 heteroatoms. The number of carboxylic acids is 1. The monoisotopic (exact) mass is 266 g/mol. The first-order valence-corrected chi connectivity index (χ1v) is 5.76. The summed E-state index contributed by atoms with van der Waals surface area (Å²) in [7, 11) is 0. The van der Waals surface area contributed by atoms with Crippen LogP contribution in [-0.2, 0) is 9.53 Å². The van der Waals surface area contributed by atoms with Crippen LogP contribution in [0.25, 0.3) is 11.0 Å². The first-order valence-electron chi connectivity index (χ1n) is 5.38. The van der Waals surface area contributed by atoms with E-state index >= 15 is 0 Å². The number of hydrogen-bond donors (Lipinski definition) is 1. The van der Waals surface area contributed by atoms with Gasteiger partial charge in [-0.1, -0.05) is 17.7 Å². The quantitative estimate of drug-likeness (QED) is 0.920. The molecule has 18 heavy (non-hydrogen) atoms. The zero-order chi connectivity index (χ0) is 13.1. The van der Waals surface area contributed by atoms with Gasteiger partial charge in [-0.05, 0) is 13.0 Å². The summed E-state index contributed by atoms with van der Waals surface area (Å²) in [5, 5.41) is 9.61. The molecule has 94 valence electrons. The van der Waals surface area contributed by atoms with Crippen LogP contribution >= 0.6 is 11.6 Å². The van der Waals surface area contributed by atoms with E-state index in [2.05, 4.69) is 9.97 Å². The molecule has 2 aromatic rings. The summed E-state index contributed by atoms with van der Waals surface area (Å²) in [6, 6.07) is 3.21. The minimum Gasteiger partial charge on any atom is -0.479 e. The lowest BCUT2D eigenvalue weighted by molar-refractivity contribution is -0.150. The average molecular weight is 267 g/mol. The van der Waals surface area contributed by atoms with E-state index in [1.54, 1.807) is 19.1 Å². The zero-order valence-electron chi connectivity index (χ0n) is 9.63. The minimum atomic E-state index is -1.06. The van der Waals surface area contributed by atoms with Crippen molar-refractivity contribution in [2.45, 2.75) is 13.0 Å². The molecule has 0 bridgehead atoms. The number of aromatic nitrogens is 2. The molecule has 1 atom stereocenters. The van der Waals surface area contributed by atoms with Crippen molar-refractivity contribution in [3.8, 4) is 0 Å². The molecule has 2 rings (SSSR count). The van der Waals surface area contributed by atoms with Crippen molar-refractivity contribution in [1.29, 1.82) is 0 Å². The number of ether oxygens (including phenoxy) is 1. The maximum Gasteiger partial charge on any atom is 0.337 e. The molecule has 0 aliphatic carbocycles. The van der Waals surface area contributed by atoms with Gasteiger partial charge in [0, 0.05) is 24.6 Å². The Morgan fingerprint density at radius 1 is 1.39 bits per heavy atom. The lowest BCUT2D eigenvalue weighted by Gasteiger charge is -2.14. The Hall–Kier alpha value is -1.72. The van der Waals surface area contributed by atoms with E-state index < -0.39 is 12.1 Å². The van der Waals surface area contributed by atoms with Crippen LogP contribution in [0.4, 0.5) is 0 Å². The molecule has 1 N–H and O–H groups in total. The molecule has 0 aliphatic rings. The van der Waals surface area contributed by atoms with E-state index in [-0.39, 0.29) is 0 Å². The number of aliphatic carboxylic acids is 1. The van der Waals surface area contributed by atoms with Crippen LogP contribution in [0.3, 0.4) is 0 Å². The molecule has 0 spiro atoms. The minimum absolute atomic E-state index is 0.293. The summed E-state index contributed by atoms with van der Waals surface area (Å²) in [5.41, 5.74) is 1.38. The Bertz CT molecular complexity index is 589. The molecule has 1 unspecified atom stereocenters. The van der Waals surface area contributed by atoms with Crippen LogP contribution in [0, 0.1) is 0 Å². The Labute approximate surface area is 108 Å². The fourth-order valence-electron chi connectivity index (χ4n) is 1.72. The highest BCUT2D eigenvalue weighted by Crippen LogP contribution is 2.28. The van der Waals surface area contributed by atoms with E-state index in [9.17, 15) is 9.90 Å². The fourth-order valence-corrected chi connectivity index (χ4v) is 1.92. The maximum atomic E-state index is 11.2. The van der Waals surface area contributed by atoms with Gasteiger partial charge in [-0.2, -0.15) is 0 Å². The highest BCUT2D eigenvalue weighted by atomic mass is 35.5. The van der Waals surface area contributed by atoms with Crippen molar-refractivity contribution in [2.75, 3.05) is 6.61 Å². The van der Waals surface area contributed by atoms with Crippen molar-refractivity contribution < 1.29 is 14.6 Å². The van der Waals surface area contributed by atoms with Gasteiger partial charge in [0.25, 0.3) is 0 Å². The van der Waals surface area contributed by atoms with Gasteiger partial charge in [0.1, 0.15) is 5.52 Å². The van der Waals surface area contributed by atoms with E-state index in [1.807, 2.05) is 0 Å². The summed E-state index contributed by atoms with van der Waals surface area (Å²) in [6.45, 7) is 2.03. The summed E-state index contributed by atoms with van der Waals surface area (Å²) < 4.78 is 5.23. The Kier molecular flexibility index (Phi) is 3.74. The van der Waals surface area contributed by atoms with Crippen molar-refractivity contribution in [3.05, 3.63) is 35.1 Å². The SMILES string of the molecule is CCOC(C(=O)O)c1ccc(Cl)c2nccnc12. The predicted molar refractivity (Wildman–Crippen MR) is 66.6 cm³/mol. The van der Waals surface area contributed by atoms with Crippen LogP contribution < -0.4 is 0 Å². The molecule has 1 aromatic carbocycles. The van der Waals surface area contributed by atoms with Crippen molar-refractivity contribution in [2.24, 2.45) is 0 Å². The van der Waals surface area contributed by atoms with Gasteiger partial charge in [-0.3, -0.25) is 9.97 Å². The first kappa shape index (κ1) is 12.7. The maximum absolute atomic E-state index is 11.2. The van der Waals surface area contributed by atoms with Gasteiger partial charge in [0.05, 0.1) is 10.5 Å². The van der Waals surface area contributed by atoms with Crippen LogP contribution in [0.2, 0.25) is 5.02 Å².